The van der Waals surface area contributed by atoms with E-state index in [1.807, 2.05) is 0 Å². The van der Waals surface area contributed by atoms with Gasteiger partial charge in [0.1, 0.15) is 0 Å². The number of allylic oxidation sites excluding steroid dienone is 1. The Bertz CT molecular complexity index is 167. The van der Waals surface area contributed by atoms with E-state index in [1.165, 1.54) is 18.4 Å². The third-order valence-corrected chi connectivity index (χ3v) is 3.38. The zero-order chi connectivity index (χ0) is 11.3. The van der Waals surface area contributed by atoms with Gasteiger partial charge < -0.3 is 0 Å². The van der Waals surface area contributed by atoms with Gasteiger partial charge in [-0.3, -0.25) is 0 Å². The molecule has 0 heterocycles. The zero-order valence-corrected chi connectivity index (χ0v) is 10.9. The van der Waals surface area contributed by atoms with Gasteiger partial charge in [-0.2, -0.15) is 0 Å². The van der Waals surface area contributed by atoms with Crippen molar-refractivity contribution in [3.63, 3.8) is 0 Å². The number of hydrogen-bond acceptors (Lipinski definition) is 0. The topological polar surface area (TPSA) is 0 Å². The molecular weight excluding hydrogens is 168 g/mol. The van der Waals surface area contributed by atoms with Crippen LogP contribution in [0.4, 0.5) is 0 Å². The molecule has 3 atom stereocenters. The molecule has 0 saturated carbocycles. The maximum Gasteiger partial charge on any atom is -0.0234 e. The summed E-state index contributed by atoms with van der Waals surface area (Å²) in [7, 11) is 0. The summed E-state index contributed by atoms with van der Waals surface area (Å²) in [6, 6.07) is 0. The summed E-state index contributed by atoms with van der Waals surface area (Å²) < 4.78 is 0. The van der Waals surface area contributed by atoms with Gasteiger partial charge >= 0.3 is 0 Å². The molecule has 0 fully saturated rings. The fourth-order valence-electron chi connectivity index (χ4n) is 1.97. The maximum absolute atomic E-state index is 4.03. The summed E-state index contributed by atoms with van der Waals surface area (Å²) in [5, 5.41) is 0. The highest BCUT2D eigenvalue weighted by atomic mass is 14.2. The van der Waals surface area contributed by atoms with Crippen molar-refractivity contribution in [3.8, 4) is 0 Å². The highest BCUT2D eigenvalue weighted by Crippen LogP contribution is 2.27. The average Bonchev–Trinajstić information content (AvgIpc) is 2.02. The number of rotatable bonds is 6. The standard InChI is InChI=1S/C14H28/c1-10(2)8-13(6)14(7)9-12(5)11(3)4/h10,12-14H,3,8-9H2,1-2,4-7H3/t12?,13-,14?/m0/s1. The third-order valence-electron chi connectivity index (χ3n) is 3.38. The predicted octanol–water partition coefficient (Wildman–Crippen LogP) is 4.91. The van der Waals surface area contributed by atoms with Crippen LogP contribution in [0.15, 0.2) is 12.2 Å². The average molecular weight is 196 g/mol. The predicted molar refractivity (Wildman–Crippen MR) is 66.4 cm³/mol. The fraction of sp³-hybridized carbons (Fsp3) is 0.857. The molecule has 0 radical (unpaired) electrons. The van der Waals surface area contributed by atoms with Crippen molar-refractivity contribution in [3.05, 3.63) is 12.2 Å². The Labute approximate surface area is 90.8 Å². The van der Waals surface area contributed by atoms with E-state index in [4.69, 9.17) is 0 Å². The Morgan fingerprint density at radius 1 is 0.929 bits per heavy atom. The minimum Gasteiger partial charge on any atom is -0.0999 e. The van der Waals surface area contributed by atoms with Gasteiger partial charge in [-0.15, -0.1) is 0 Å². The van der Waals surface area contributed by atoms with Crippen LogP contribution in [0.5, 0.6) is 0 Å². The quantitative estimate of drug-likeness (QED) is 0.530. The first kappa shape index (κ1) is 13.7. The summed E-state index contributed by atoms with van der Waals surface area (Å²) in [5.74, 6) is 3.17. The van der Waals surface area contributed by atoms with E-state index in [9.17, 15) is 0 Å². The van der Waals surface area contributed by atoms with E-state index in [1.54, 1.807) is 0 Å². The van der Waals surface area contributed by atoms with Crippen LogP contribution in [0.2, 0.25) is 0 Å². The second-order valence-corrected chi connectivity index (χ2v) is 5.57. The van der Waals surface area contributed by atoms with Gasteiger partial charge in [0.25, 0.3) is 0 Å². The lowest BCUT2D eigenvalue weighted by molar-refractivity contribution is 0.287. The molecule has 0 N–H and O–H groups in total. The molecule has 84 valence electrons. The van der Waals surface area contributed by atoms with Crippen molar-refractivity contribution >= 4 is 0 Å². The van der Waals surface area contributed by atoms with E-state index in [-0.39, 0.29) is 0 Å². The van der Waals surface area contributed by atoms with Gasteiger partial charge in [-0.1, -0.05) is 46.8 Å². The Balaban J connectivity index is 3.94. The molecule has 14 heavy (non-hydrogen) atoms. The Hall–Kier alpha value is -0.260. The molecule has 0 saturated heterocycles. The van der Waals surface area contributed by atoms with Crippen LogP contribution in [0.1, 0.15) is 54.4 Å². The minimum absolute atomic E-state index is 0.680. The van der Waals surface area contributed by atoms with E-state index < -0.39 is 0 Å². The van der Waals surface area contributed by atoms with Crippen LogP contribution in [0, 0.1) is 23.7 Å². The van der Waals surface area contributed by atoms with Crippen LogP contribution in [-0.4, -0.2) is 0 Å². The zero-order valence-electron chi connectivity index (χ0n) is 10.9. The van der Waals surface area contributed by atoms with Crippen molar-refractivity contribution < 1.29 is 0 Å². The van der Waals surface area contributed by atoms with Gasteiger partial charge in [0.05, 0.1) is 0 Å². The summed E-state index contributed by atoms with van der Waals surface area (Å²) in [6.07, 6.45) is 2.65. The molecule has 0 spiro atoms. The monoisotopic (exact) mass is 196 g/mol. The lowest BCUT2D eigenvalue weighted by Gasteiger charge is -2.24. The molecule has 0 aromatic heterocycles. The highest BCUT2D eigenvalue weighted by molar-refractivity contribution is 4.94. The van der Waals surface area contributed by atoms with Crippen LogP contribution < -0.4 is 0 Å². The molecule has 0 aliphatic heterocycles. The lowest BCUT2D eigenvalue weighted by Crippen LogP contribution is -2.14. The Morgan fingerprint density at radius 3 is 1.71 bits per heavy atom. The first-order valence-corrected chi connectivity index (χ1v) is 6.00. The number of hydrogen-bond donors (Lipinski definition) is 0. The SMILES string of the molecule is C=C(C)C(C)CC(C)[C@@H](C)CC(C)C. The van der Waals surface area contributed by atoms with E-state index >= 15 is 0 Å². The van der Waals surface area contributed by atoms with E-state index in [0.717, 1.165) is 17.8 Å². The van der Waals surface area contributed by atoms with E-state index in [0.29, 0.717) is 5.92 Å². The van der Waals surface area contributed by atoms with Gasteiger partial charge in [0, 0.05) is 0 Å². The second kappa shape index (κ2) is 6.27. The molecule has 0 aromatic rings. The molecule has 0 nitrogen and oxygen atoms in total. The summed E-state index contributed by atoms with van der Waals surface area (Å²) in [4.78, 5) is 0. The van der Waals surface area contributed by atoms with Gasteiger partial charge in [0.2, 0.25) is 0 Å². The Kier molecular flexibility index (Phi) is 6.15. The largest absolute Gasteiger partial charge is 0.0999 e. The van der Waals surface area contributed by atoms with Gasteiger partial charge in [0.15, 0.2) is 0 Å². The van der Waals surface area contributed by atoms with Crippen molar-refractivity contribution in [1.82, 2.24) is 0 Å². The van der Waals surface area contributed by atoms with Crippen LogP contribution in [0.3, 0.4) is 0 Å². The van der Waals surface area contributed by atoms with E-state index in [2.05, 4.69) is 48.1 Å². The molecular formula is C14H28. The minimum atomic E-state index is 0.680. The first-order chi connectivity index (χ1) is 6.34. The molecule has 0 rings (SSSR count). The summed E-state index contributed by atoms with van der Waals surface area (Å²) in [5.41, 5.74) is 1.33. The van der Waals surface area contributed by atoms with Crippen molar-refractivity contribution in [2.24, 2.45) is 23.7 Å². The van der Waals surface area contributed by atoms with Crippen molar-refractivity contribution in [2.45, 2.75) is 54.4 Å². The summed E-state index contributed by atoms with van der Waals surface area (Å²) in [6.45, 7) is 17.9. The smallest absolute Gasteiger partial charge is 0.0234 e. The highest BCUT2D eigenvalue weighted by Gasteiger charge is 2.16. The molecule has 2 unspecified atom stereocenters. The first-order valence-electron chi connectivity index (χ1n) is 6.00. The molecule has 0 heteroatoms. The van der Waals surface area contributed by atoms with Crippen molar-refractivity contribution in [2.75, 3.05) is 0 Å². The molecule has 0 bridgehead atoms. The lowest BCUT2D eigenvalue weighted by atomic mass is 9.81. The van der Waals surface area contributed by atoms with Crippen LogP contribution >= 0.6 is 0 Å². The van der Waals surface area contributed by atoms with Gasteiger partial charge in [-0.05, 0) is 43.4 Å². The fourth-order valence-corrected chi connectivity index (χ4v) is 1.97. The molecule has 0 aromatic carbocycles. The molecule has 0 aliphatic rings. The van der Waals surface area contributed by atoms with Crippen LogP contribution in [0.25, 0.3) is 0 Å². The van der Waals surface area contributed by atoms with Crippen LogP contribution in [-0.2, 0) is 0 Å². The molecule has 0 aliphatic carbocycles. The normalized spacial score (nSPS) is 17.9. The maximum atomic E-state index is 4.03. The van der Waals surface area contributed by atoms with Crippen molar-refractivity contribution in [1.29, 1.82) is 0 Å². The molecule has 0 amide bonds. The van der Waals surface area contributed by atoms with Gasteiger partial charge in [-0.25, -0.2) is 0 Å². The third kappa shape index (κ3) is 5.47. The Morgan fingerprint density at radius 2 is 1.36 bits per heavy atom. The second-order valence-electron chi connectivity index (χ2n) is 5.57. The summed E-state index contributed by atoms with van der Waals surface area (Å²) >= 11 is 0.